The van der Waals surface area contributed by atoms with Crippen LogP contribution in [0.15, 0.2) is 332 Å². The molecule has 0 saturated carbocycles. The van der Waals surface area contributed by atoms with E-state index in [2.05, 4.69) is 337 Å². The second kappa shape index (κ2) is 21.8. The molecular formula is C98H54N6OS. The molecule has 0 aliphatic heterocycles. The molecular weight excluding hydrogens is 1310 g/mol. The summed E-state index contributed by atoms with van der Waals surface area (Å²) in [6.45, 7) is 0. The lowest BCUT2D eigenvalue weighted by Gasteiger charge is -2.14. The largest absolute Gasteiger partial charge is 0.437 e. The first-order valence-electron chi connectivity index (χ1n) is 36.1. The lowest BCUT2D eigenvalue weighted by Crippen LogP contribution is -2.03. The molecule has 0 spiro atoms. The van der Waals surface area contributed by atoms with Crippen LogP contribution in [-0.2, 0) is 0 Å². The minimum Gasteiger partial charge on any atom is -0.437 e. The molecule has 6 heterocycles. The highest BCUT2D eigenvalue weighted by atomic mass is 32.1. The van der Waals surface area contributed by atoms with Crippen LogP contribution in [0.2, 0.25) is 0 Å². The van der Waals surface area contributed by atoms with Crippen molar-refractivity contribution in [3.8, 4) is 56.7 Å². The van der Waals surface area contributed by atoms with Gasteiger partial charge in [0.15, 0.2) is 0 Å². The number of rotatable bonds is 6. The van der Waals surface area contributed by atoms with Gasteiger partial charge in [0.05, 0.1) is 38.8 Å². The average molecular weight is 1360 g/mol. The van der Waals surface area contributed by atoms with E-state index in [9.17, 15) is 0 Å². The van der Waals surface area contributed by atoms with Gasteiger partial charge in [0, 0.05) is 75.1 Å². The molecule has 0 unspecified atom stereocenters. The van der Waals surface area contributed by atoms with E-state index >= 15 is 0 Å². The maximum Gasteiger partial charge on any atom is 0.238 e. The van der Waals surface area contributed by atoms with Gasteiger partial charge in [-0.05, 0) is 140 Å². The first-order chi connectivity index (χ1) is 52.6. The van der Waals surface area contributed by atoms with Crippen molar-refractivity contribution in [1.82, 2.24) is 29.1 Å². The maximum absolute atomic E-state index is 7.17. The lowest BCUT2D eigenvalue weighted by atomic mass is 9.89. The minimum atomic E-state index is 0.516. The Morgan fingerprint density at radius 2 is 0.689 bits per heavy atom. The third-order valence-corrected chi connectivity index (χ3v) is 23.8. The quantitative estimate of drug-likeness (QED) is 0.155. The Hall–Kier alpha value is -13.9. The second-order valence-corrected chi connectivity index (χ2v) is 29.2. The summed E-state index contributed by atoms with van der Waals surface area (Å²) < 4.78 is 13.0. The van der Waals surface area contributed by atoms with Crippen LogP contribution in [0.4, 0.5) is 0 Å². The van der Waals surface area contributed by atoms with Crippen molar-refractivity contribution < 1.29 is 4.42 Å². The summed E-state index contributed by atoms with van der Waals surface area (Å²) >= 11 is 1.73. The van der Waals surface area contributed by atoms with Gasteiger partial charge in [0.1, 0.15) is 10.4 Å². The highest BCUT2D eigenvalue weighted by molar-refractivity contribution is 7.25. The fraction of sp³-hybridized carbons (Fsp3) is 0. The Balaban J connectivity index is 0.739. The van der Waals surface area contributed by atoms with E-state index in [1.54, 1.807) is 11.3 Å². The van der Waals surface area contributed by atoms with Crippen molar-refractivity contribution in [3.63, 3.8) is 0 Å². The Kier molecular flexibility index (Phi) is 11.9. The summed E-state index contributed by atoms with van der Waals surface area (Å²) in [7, 11) is 0. The van der Waals surface area contributed by atoms with Crippen molar-refractivity contribution in [2.45, 2.75) is 0 Å². The van der Waals surface area contributed by atoms with Crippen molar-refractivity contribution in [2.24, 2.45) is 0 Å². The second-order valence-electron chi connectivity index (χ2n) is 28.2. The predicted octanol–water partition coefficient (Wildman–Crippen LogP) is 26.8. The van der Waals surface area contributed by atoms with Crippen LogP contribution in [0.3, 0.4) is 0 Å². The van der Waals surface area contributed by atoms with Crippen LogP contribution in [0, 0.1) is 0 Å². The zero-order valence-corrected chi connectivity index (χ0v) is 57.5. The van der Waals surface area contributed by atoms with E-state index in [0.29, 0.717) is 17.6 Å². The monoisotopic (exact) mass is 1360 g/mol. The van der Waals surface area contributed by atoms with Crippen LogP contribution < -0.4 is 0 Å². The van der Waals surface area contributed by atoms with Crippen LogP contribution >= 0.6 is 11.3 Å². The summed E-state index contributed by atoms with van der Waals surface area (Å²) in [4.78, 5) is 24.0. The van der Waals surface area contributed by atoms with Crippen molar-refractivity contribution in [2.75, 3.05) is 0 Å². The zero-order valence-electron chi connectivity index (χ0n) is 56.7. The number of nitrogens with zero attached hydrogens (tertiary/aromatic N) is 6. The van der Waals surface area contributed by atoms with Crippen molar-refractivity contribution in [1.29, 1.82) is 0 Å². The van der Waals surface area contributed by atoms with E-state index in [-0.39, 0.29) is 0 Å². The normalized spacial score (nSPS) is 12.3. The Morgan fingerprint density at radius 3 is 1.35 bits per heavy atom. The molecule has 8 heteroatoms. The van der Waals surface area contributed by atoms with Gasteiger partial charge in [-0.1, -0.05) is 285 Å². The molecule has 0 bridgehead atoms. The van der Waals surface area contributed by atoms with Gasteiger partial charge < -0.3 is 4.42 Å². The van der Waals surface area contributed by atoms with Gasteiger partial charge in [0.2, 0.25) is 17.6 Å². The molecule has 24 rings (SSSR count). The molecule has 0 amide bonds. The molecule has 18 aromatic carbocycles. The third kappa shape index (κ3) is 8.10. The molecule has 0 atom stereocenters. The molecule has 0 fully saturated rings. The van der Waals surface area contributed by atoms with Gasteiger partial charge >= 0.3 is 0 Å². The smallest absolute Gasteiger partial charge is 0.238 e. The van der Waals surface area contributed by atoms with Crippen LogP contribution in [-0.4, -0.2) is 29.1 Å². The van der Waals surface area contributed by atoms with Crippen molar-refractivity contribution in [3.05, 3.63) is 328 Å². The van der Waals surface area contributed by atoms with Gasteiger partial charge in [-0.15, -0.1) is 11.3 Å². The summed E-state index contributed by atoms with van der Waals surface area (Å²) in [6, 6.07) is 119. The molecule has 106 heavy (non-hydrogen) atoms. The van der Waals surface area contributed by atoms with Gasteiger partial charge in [0.25, 0.3) is 0 Å². The van der Waals surface area contributed by atoms with E-state index < -0.39 is 0 Å². The molecule has 0 aliphatic rings. The first kappa shape index (κ1) is 57.7. The molecule has 24 aromatic rings. The van der Waals surface area contributed by atoms with Crippen molar-refractivity contribution >= 4 is 194 Å². The highest BCUT2D eigenvalue weighted by Crippen LogP contribution is 2.50. The molecule has 7 nitrogen and oxygen atoms in total. The number of furan rings is 1. The highest BCUT2D eigenvalue weighted by Gasteiger charge is 2.28. The van der Waals surface area contributed by atoms with Crippen LogP contribution in [0.1, 0.15) is 0 Å². The zero-order chi connectivity index (χ0) is 69.0. The number of fused-ring (bicyclic) bond motifs is 31. The number of aromatic nitrogens is 6. The van der Waals surface area contributed by atoms with Crippen LogP contribution in [0.5, 0.6) is 0 Å². The molecule has 6 aromatic heterocycles. The van der Waals surface area contributed by atoms with Crippen LogP contribution in [0.25, 0.3) is 240 Å². The molecule has 0 N–H and O–H groups in total. The number of thiophene rings is 1. The van der Waals surface area contributed by atoms with E-state index in [1.807, 2.05) is 0 Å². The standard InChI is InChI=1S/C98H54N6OS/c1-2-20-55(21-3-1)59-26-18-27-62(52-59)91-90-76-37-16-17-39-84(76)106-96(90)102-98(99-91)104-82-50-48-73-69-34-12-13-35-70(69)79-53-60(42-44-74(79)86(73)88(82)78-46-41-58-24-6-9-30-65(58)94(78)104)61-43-51-83-80(54-61)89-92(75-38-19-25-56-22-4-7-28-63(56)75)100-97(101-95(89)105-83)103-81-49-47-72-68-33-11-10-31-66(68)67-32-14-15-36-71(67)85(72)87(81)77-45-40-57-23-5-8-29-64(57)93(77)103/h1-54H. The minimum absolute atomic E-state index is 0.516. The Morgan fingerprint density at radius 1 is 0.245 bits per heavy atom. The summed E-state index contributed by atoms with van der Waals surface area (Å²) in [5.74, 6) is 1.17. The third-order valence-electron chi connectivity index (χ3n) is 22.7. The fourth-order valence-corrected chi connectivity index (χ4v) is 19.2. The summed E-state index contributed by atoms with van der Waals surface area (Å²) in [5.41, 5.74) is 13.6. The average Bonchev–Trinajstić information content (AvgIpc) is 1.52. The lowest BCUT2D eigenvalue weighted by molar-refractivity contribution is 0.651. The van der Waals surface area contributed by atoms with E-state index in [1.165, 1.54) is 58.6 Å². The molecule has 0 saturated heterocycles. The SMILES string of the molecule is c1ccc(-c2cccc(-c3nc(-n4c5ccc6c7ccccc7c7cc(-c8ccc9oc%10nc(-n%11c%12ccc%13c%14ccccc%14c%14ccccc%14c%13c%12c%12ccc%13ccccc%13c%12%11)nc(-c%11cccc%12ccccc%11%12)c%10c9c8)ccc7c6c5c5ccc6ccccc6c54)nc4sc5ccccc5c34)c2)cc1. The maximum atomic E-state index is 7.17. The van der Waals surface area contributed by atoms with Gasteiger partial charge in [-0.2, -0.15) is 4.98 Å². The number of hydrogen-bond donors (Lipinski definition) is 0. The predicted molar refractivity (Wildman–Crippen MR) is 446 cm³/mol. The number of hydrogen-bond acceptors (Lipinski definition) is 6. The summed E-state index contributed by atoms with van der Waals surface area (Å²) in [6.07, 6.45) is 0. The fourth-order valence-electron chi connectivity index (χ4n) is 18.1. The first-order valence-corrected chi connectivity index (χ1v) is 36.9. The number of benzene rings is 18. The van der Waals surface area contributed by atoms with E-state index in [4.69, 9.17) is 24.4 Å². The topological polar surface area (TPSA) is 74.6 Å². The van der Waals surface area contributed by atoms with E-state index in [0.717, 1.165) is 163 Å². The van der Waals surface area contributed by atoms with Gasteiger partial charge in [-0.25, -0.2) is 15.0 Å². The summed E-state index contributed by atoms with van der Waals surface area (Å²) in [5, 5.41) is 29.7. The molecule has 488 valence electrons. The Labute approximate surface area is 608 Å². The van der Waals surface area contributed by atoms with Gasteiger partial charge in [-0.3, -0.25) is 9.13 Å². The Bertz CT molecular complexity index is 8000. The molecule has 0 aliphatic carbocycles. The molecule has 0 radical (unpaired) electrons.